The number of nitrogens with one attached hydrogen (secondary N) is 1. The van der Waals surface area contributed by atoms with Gasteiger partial charge in [0.25, 0.3) is 0 Å². The van der Waals surface area contributed by atoms with Crippen LogP contribution in [0.1, 0.15) is 105 Å². The van der Waals surface area contributed by atoms with E-state index >= 15 is 0 Å². The number of alkyl halides is 1. The zero-order valence-electron chi connectivity index (χ0n) is 72.8. The molecule has 8 nitrogen and oxygen atoms in total. The van der Waals surface area contributed by atoms with Gasteiger partial charge in [0.05, 0.1) is 4.88 Å². The van der Waals surface area contributed by atoms with Crippen LogP contribution in [-0.4, -0.2) is 68.0 Å². The Balaban J connectivity index is 0.000000363. The number of rotatable bonds is 19. The standard InChI is InChI=1S/C18H15P.C12H13FN4S.4C12H10.C6H12O2.C6H5.C4H3N2.3C4H9.Cu.HI.3H3P.Pd.Sn/c1-4-10-16(11-5-1)19(17-12-6-2-7-13-17)18-14-8-3-9-15-18;13-12(2-6-14-7-3-12)11-17-8-9(18-11)10-15-4-1-5-16-10;4*1-3-7-11(8-4-1)12-9-5-2-6-10-12;1-5(7)8-6(2,3)4;1-2-4-6-5-3-1;1-2-5-4-6-3-1;3*1-3-4-2;;;;;;;/h1-15H;1,4-5,8,14H,2-3,6-7H2;4*1-10H;1-4H3;1-5H;1-3H;3*1,3-4H2,2H3;;1H;3*1H3;;/q;;;;;;;-1;;;;;+1;;;;;;/p-1. The summed E-state index contributed by atoms with van der Waals surface area (Å²) in [7, 11) is -0.446. The topological polar surface area (TPSA) is 103 Å². The normalized spacial score (nSPS) is 11.0. The maximum Gasteiger partial charge on any atom is 0 e. The number of nitrogens with zero attached hydrogens (tertiary/aromatic N) is 5. The van der Waals surface area contributed by atoms with Crippen molar-refractivity contribution in [3.05, 3.63) is 418 Å². The summed E-state index contributed by atoms with van der Waals surface area (Å²) in [6, 6.07) is 132. The van der Waals surface area contributed by atoms with E-state index in [2.05, 4.69) is 345 Å². The summed E-state index contributed by atoms with van der Waals surface area (Å²) in [5.41, 5.74) is 8.59. The fourth-order valence-corrected chi connectivity index (χ4v) is 31.0. The molecule has 656 valence electrons. The second-order valence-electron chi connectivity index (χ2n) is 29.0. The molecule has 1 aliphatic rings. The summed E-state index contributed by atoms with van der Waals surface area (Å²) in [5, 5.41) is 7.90. The van der Waals surface area contributed by atoms with E-state index in [9.17, 15) is 9.18 Å². The fourth-order valence-electron chi connectivity index (χ4n) is 12.9. The second kappa shape index (κ2) is 66.6. The summed E-state index contributed by atoms with van der Waals surface area (Å²) in [4.78, 5) is 33.0. The largest absolute Gasteiger partial charge is 0.184 e. The van der Waals surface area contributed by atoms with Crippen molar-refractivity contribution in [2.45, 2.75) is 124 Å². The second-order valence-corrected chi connectivity index (χ2v) is 45.2. The number of thiazole rings is 1. The Bertz CT molecular complexity index is 4430. The van der Waals surface area contributed by atoms with Gasteiger partial charge in [0.15, 0.2) is 11.5 Å². The van der Waals surface area contributed by atoms with E-state index < -0.39 is 32.0 Å². The smallest absolute Gasteiger partial charge is 0 e. The number of carbonyl (C=O) groups excluding carboxylic acids is 1. The summed E-state index contributed by atoms with van der Waals surface area (Å²) >= 11 is 4.90. The van der Waals surface area contributed by atoms with Crippen LogP contribution < -0.4 is 25.1 Å². The van der Waals surface area contributed by atoms with Crippen molar-refractivity contribution in [3.8, 4) is 55.2 Å². The number of hydrogen-bond acceptors (Lipinski definition) is 9. The van der Waals surface area contributed by atoms with Crippen LogP contribution in [0.5, 0.6) is 0 Å². The number of unbranched alkanes of at least 4 members (excludes halogenated alkanes) is 3. The van der Waals surface area contributed by atoms with Crippen molar-refractivity contribution in [2.75, 3.05) is 13.1 Å². The predicted molar refractivity (Wildman–Crippen MR) is 551 cm³/mol. The molecule has 16 rings (SSSR count). The minimum atomic E-state index is -2.32. The van der Waals surface area contributed by atoms with Gasteiger partial charge in [-0.05, 0) is 108 Å². The van der Waals surface area contributed by atoms with Gasteiger partial charge in [0.2, 0.25) is 0 Å². The van der Waals surface area contributed by atoms with Crippen LogP contribution in [0.25, 0.3) is 55.2 Å². The third-order valence-corrected chi connectivity index (χ3v) is 37.0. The molecule has 0 amide bonds. The van der Waals surface area contributed by atoms with Gasteiger partial charge >= 0.3 is 162 Å². The number of halogens is 2. The number of esters is 1. The Kier molecular flexibility index (Phi) is 59.3. The molecule has 15 aromatic rings. The molecule has 4 heterocycles. The molecule has 0 bridgehead atoms. The zero-order valence-corrected chi connectivity index (χ0v) is 86.2. The van der Waals surface area contributed by atoms with Crippen molar-refractivity contribution in [3.63, 3.8) is 0 Å². The maximum atomic E-state index is 14.7. The first kappa shape index (κ1) is 110. The average molecular weight is 2100 g/mol. The Labute approximate surface area is 793 Å². The van der Waals surface area contributed by atoms with Crippen LogP contribution in [0.15, 0.2) is 407 Å². The van der Waals surface area contributed by atoms with Gasteiger partial charge in [0, 0.05) is 58.8 Å². The van der Waals surface area contributed by atoms with Crippen LogP contribution >= 0.6 is 69.3 Å². The van der Waals surface area contributed by atoms with Crippen molar-refractivity contribution >= 4 is 113 Å². The number of aromatic nitrogens is 5. The van der Waals surface area contributed by atoms with Gasteiger partial charge < -0.3 is 10.1 Å². The van der Waals surface area contributed by atoms with Crippen LogP contribution in [0.2, 0.25) is 13.3 Å². The van der Waals surface area contributed by atoms with Crippen LogP contribution in [0.4, 0.5) is 4.39 Å². The van der Waals surface area contributed by atoms with Gasteiger partial charge in [-0.3, -0.25) is 4.79 Å². The van der Waals surface area contributed by atoms with Crippen LogP contribution in [0.3, 0.4) is 0 Å². The number of ether oxygens (including phenoxy) is 1. The number of benzene rings is 12. The molecule has 0 spiro atoms. The molecule has 1 aliphatic heterocycles. The predicted octanol–water partition coefficient (Wildman–Crippen LogP) is 27.4. The van der Waals surface area contributed by atoms with Crippen molar-refractivity contribution in [2.24, 2.45) is 0 Å². The first-order valence-electron chi connectivity index (χ1n) is 41.3. The maximum absolute atomic E-state index is 14.7. The Morgan fingerprint density at radius 3 is 0.911 bits per heavy atom. The van der Waals surface area contributed by atoms with E-state index in [4.69, 9.17) is 14.7 Å². The molecule has 12 aromatic carbocycles. The molecule has 1 saturated heterocycles. The quantitative estimate of drug-likeness (QED) is 0.0281. The molecule has 18 heteroatoms. The molecule has 1 fully saturated rings. The SMILES string of the molecule is CC(=O)OC(C)(C)C.CCC[CH2][Sn]([CH2]CCC)([CH2]CCC)[c]1ncccn1.FC1(c2ncc(-c3ncccn3)s2)CCNCC1.P.P.P.[Cu][I].[Pd].[c-]1ccccc1.c1ccc(-c2ccccc2)cc1.c1ccc(-c2ccccc2)cc1.c1ccc(-c2ccccc2)cc1.c1ccc(-c2ccccc2)cc1.c1ccc(P(c2ccccc2)c2ccccc2)cc1. The van der Waals surface area contributed by atoms with Gasteiger partial charge in [-0.25, -0.2) is 19.3 Å². The molecule has 3 aromatic heterocycles. The van der Waals surface area contributed by atoms with Crippen molar-refractivity contribution < 1.29 is 47.1 Å². The number of piperidine rings is 1. The molecule has 3 unspecified atom stereocenters. The molecule has 0 radical (unpaired) electrons. The van der Waals surface area contributed by atoms with Crippen molar-refractivity contribution in [1.82, 2.24) is 30.2 Å². The fraction of sp³-hybridized carbons (Fsp3) is 0.208. The van der Waals surface area contributed by atoms with Crippen molar-refractivity contribution in [1.29, 1.82) is 0 Å². The minimum Gasteiger partial charge on any atom is -0.184 e. The van der Waals surface area contributed by atoms with E-state index in [1.54, 1.807) is 45.0 Å². The van der Waals surface area contributed by atoms with Crippen LogP contribution in [0, 0.1) is 6.07 Å². The monoisotopic (exact) mass is 2100 g/mol. The molecular formula is C106H124CuFIN6O2P4PdSSn-. The van der Waals surface area contributed by atoms with E-state index in [1.165, 1.54) is 134 Å². The Morgan fingerprint density at radius 1 is 0.427 bits per heavy atom. The zero-order chi connectivity index (χ0) is 85.2. The van der Waals surface area contributed by atoms with Gasteiger partial charge in [-0.2, -0.15) is 66.1 Å². The molecule has 124 heavy (non-hydrogen) atoms. The summed E-state index contributed by atoms with van der Waals surface area (Å²) < 4.78 is 25.2. The van der Waals surface area contributed by atoms with Gasteiger partial charge in [-0.15, -0.1) is 11.3 Å². The van der Waals surface area contributed by atoms with E-state index in [0.29, 0.717) is 36.8 Å². The third kappa shape index (κ3) is 42.7. The van der Waals surface area contributed by atoms with E-state index in [0.717, 1.165) is 4.88 Å². The average Bonchev–Trinajstić information content (AvgIpc) is 1.60. The molecule has 0 saturated carbocycles. The van der Waals surface area contributed by atoms with Gasteiger partial charge in [0.1, 0.15) is 10.6 Å². The van der Waals surface area contributed by atoms with E-state index in [1.807, 2.05) is 118 Å². The summed E-state index contributed by atoms with van der Waals surface area (Å²) in [6.07, 6.45) is 18.0. The van der Waals surface area contributed by atoms with E-state index in [-0.39, 0.29) is 61.7 Å². The first-order chi connectivity index (χ1) is 58.8. The van der Waals surface area contributed by atoms with Crippen LogP contribution in [-0.2, 0) is 48.4 Å². The molecular weight excluding hydrogens is 1980 g/mol. The van der Waals surface area contributed by atoms with Gasteiger partial charge in [-0.1, -0.05) is 334 Å². The summed E-state index contributed by atoms with van der Waals surface area (Å²) in [5.74, 6) is 0.385. The first-order valence-corrected chi connectivity index (χ1v) is 54.0. The minimum absolute atomic E-state index is 0. The Morgan fingerprint density at radius 2 is 0.685 bits per heavy atom. The third-order valence-electron chi connectivity index (χ3n) is 18.8. The molecule has 0 aliphatic carbocycles. The summed E-state index contributed by atoms with van der Waals surface area (Å²) in [6.45, 7) is 15.3. The number of carbonyl (C=O) groups is 1. The Hall–Kier alpha value is -7.78. The molecule has 3 atom stereocenters. The molecule has 1 N–H and O–H groups in total. The number of hydrogen-bond donors (Lipinski definition) is 1.